The van der Waals surface area contributed by atoms with E-state index < -0.39 is 6.04 Å². The van der Waals surface area contributed by atoms with Crippen LogP contribution in [0, 0.1) is 37.5 Å². The fraction of sp³-hybridized carbons (Fsp3) is 0.346. The zero-order valence-corrected chi connectivity index (χ0v) is 17.7. The lowest BCUT2D eigenvalue weighted by Gasteiger charge is -2.28. The second-order valence-corrected chi connectivity index (χ2v) is 9.04. The zero-order valence-electron chi connectivity index (χ0n) is 17.7. The van der Waals surface area contributed by atoms with Gasteiger partial charge >= 0.3 is 0 Å². The van der Waals surface area contributed by atoms with E-state index in [1.165, 1.54) is 4.90 Å². The summed E-state index contributed by atoms with van der Waals surface area (Å²) in [6.45, 7) is 3.92. The maximum Gasteiger partial charge on any atom is 0.234 e. The van der Waals surface area contributed by atoms with Gasteiger partial charge in [-0.3, -0.25) is 19.3 Å². The average Bonchev–Trinajstić information content (AvgIpc) is 3.43. The Kier molecular flexibility index (Phi) is 4.77. The van der Waals surface area contributed by atoms with Gasteiger partial charge in [0.2, 0.25) is 17.7 Å². The number of fused-ring (bicyclic) bond motifs is 5. The van der Waals surface area contributed by atoms with Crippen LogP contribution in [0.25, 0.3) is 0 Å². The predicted molar refractivity (Wildman–Crippen MR) is 118 cm³/mol. The Morgan fingerprint density at radius 3 is 2.19 bits per heavy atom. The molecule has 3 amide bonds. The second kappa shape index (κ2) is 7.49. The summed E-state index contributed by atoms with van der Waals surface area (Å²) in [6.07, 6.45) is 5.11. The summed E-state index contributed by atoms with van der Waals surface area (Å²) in [5, 5.41) is 2.95. The van der Waals surface area contributed by atoms with Crippen LogP contribution in [0.4, 0.5) is 5.69 Å². The summed E-state index contributed by atoms with van der Waals surface area (Å²) in [5.41, 5.74) is 3.61. The molecule has 31 heavy (non-hydrogen) atoms. The first-order chi connectivity index (χ1) is 14.9. The van der Waals surface area contributed by atoms with Crippen LogP contribution >= 0.6 is 0 Å². The highest BCUT2D eigenvalue weighted by molar-refractivity contribution is 6.07. The summed E-state index contributed by atoms with van der Waals surface area (Å²) < 4.78 is 0. The van der Waals surface area contributed by atoms with E-state index in [2.05, 4.69) is 17.5 Å². The van der Waals surface area contributed by atoms with Gasteiger partial charge in [0.15, 0.2) is 0 Å². The molecular formula is C26H26N2O3. The number of hydrogen-bond donors (Lipinski definition) is 1. The van der Waals surface area contributed by atoms with Crippen LogP contribution in [-0.2, 0) is 14.4 Å². The van der Waals surface area contributed by atoms with Gasteiger partial charge in [0.25, 0.3) is 0 Å². The van der Waals surface area contributed by atoms with Crippen molar-refractivity contribution in [2.75, 3.05) is 5.32 Å². The number of hydrogen-bond acceptors (Lipinski definition) is 3. The largest absolute Gasteiger partial charge is 0.326 e. The number of carbonyl (C=O) groups excluding carboxylic acids is 3. The minimum absolute atomic E-state index is 0.0388. The number of amides is 3. The molecule has 0 spiro atoms. The number of imide groups is 1. The molecule has 0 aromatic heterocycles. The van der Waals surface area contributed by atoms with Crippen LogP contribution in [0.3, 0.4) is 0 Å². The molecule has 1 aliphatic heterocycles. The smallest absolute Gasteiger partial charge is 0.234 e. The van der Waals surface area contributed by atoms with Crippen LogP contribution in [0.15, 0.2) is 60.7 Å². The quantitative estimate of drug-likeness (QED) is 0.590. The summed E-state index contributed by atoms with van der Waals surface area (Å²) in [6, 6.07) is 14.7. The van der Waals surface area contributed by atoms with E-state index in [4.69, 9.17) is 0 Å². The molecule has 2 bridgehead atoms. The molecule has 1 heterocycles. The lowest BCUT2D eigenvalue weighted by atomic mass is 9.85. The molecule has 2 aromatic rings. The van der Waals surface area contributed by atoms with Gasteiger partial charge in [-0.2, -0.15) is 0 Å². The van der Waals surface area contributed by atoms with Gasteiger partial charge in [-0.05, 0) is 49.3 Å². The third kappa shape index (κ3) is 3.29. The Morgan fingerprint density at radius 1 is 0.968 bits per heavy atom. The average molecular weight is 415 g/mol. The molecule has 2 aromatic carbocycles. The molecule has 3 aliphatic rings. The Hall–Kier alpha value is -3.21. The van der Waals surface area contributed by atoms with E-state index in [-0.39, 0.29) is 47.8 Å². The van der Waals surface area contributed by atoms with E-state index in [0.717, 1.165) is 28.8 Å². The molecule has 2 fully saturated rings. The van der Waals surface area contributed by atoms with Crippen LogP contribution in [0.5, 0.6) is 0 Å². The number of anilines is 1. The Balaban J connectivity index is 1.45. The van der Waals surface area contributed by atoms with Crippen molar-refractivity contribution in [2.24, 2.45) is 23.7 Å². The van der Waals surface area contributed by atoms with Crippen LogP contribution in [0.1, 0.15) is 35.6 Å². The highest BCUT2D eigenvalue weighted by Crippen LogP contribution is 2.54. The molecule has 158 valence electrons. The summed E-state index contributed by atoms with van der Waals surface area (Å²) in [7, 11) is 0. The van der Waals surface area contributed by atoms with E-state index >= 15 is 0 Å². The number of benzene rings is 2. The molecule has 5 nitrogen and oxygen atoms in total. The number of likely N-dealkylation sites (tertiary alicyclic amines) is 1. The van der Waals surface area contributed by atoms with E-state index in [0.29, 0.717) is 0 Å². The molecular weight excluding hydrogens is 388 g/mol. The van der Waals surface area contributed by atoms with Crippen LogP contribution < -0.4 is 5.32 Å². The van der Waals surface area contributed by atoms with Crippen molar-refractivity contribution >= 4 is 23.4 Å². The van der Waals surface area contributed by atoms with Crippen molar-refractivity contribution in [3.63, 3.8) is 0 Å². The monoisotopic (exact) mass is 414 g/mol. The number of aryl methyl sites for hydroxylation is 2. The molecule has 1 saturated heterocycles. The van der Waals surface area contributed by atoms with E-state index in [1.54, 1.807) is 0 Å². The van der Waals surface area contributed by atoms with Gasteiger partial charge in [0, 0.05) is 5.69 Å². The van der Waals surface area contributed by atoms with Crippen molar-refractivity contribution < 1.29 is 14.4 Å². The molecule has 2 aliphatic carbocycles. The molecule has 1 saturated carbocycles. The first-order valence-corrected chi connectivity index (χ1v) is 10.9. The molecule has 5 atom stereocenters. The molecule has 5 rings (SSSR count). The van der Waals surface area contributed by atoms with Gasteiger partial charge in [-0.15, -0.1) is 0 Å². The van der Waals surface area contributed by atoms with E-state index in [1.807, 2.05) is 62.4 Å². The van der Waals surface area contributed by atoms with Crippen molar-refractivity contribution in [1.82, 2.24) is 4.90 Å². The standard InChI is InChI=1S/C26H26N2O3/c1-15-7-9-17(10-8-15)21(14-22(29)27-20-6-4-3-5-16(20)2)28-25(30)23-18-11-12-19(13-18)24(23)26(28)31/h3-12,18-19,21,23-24H,13-14H2,1-2H3,(H,27,29). The minimum Gasteiger partial charge on any atom is -0.326 e. The summed E-state index contributed by atoms with van der Waals surface area (Å²) in [4.78, 5) is 41.2. The number of nitrogens with zero attached hydrogens (tertiary/aromatic N) is 1. The fourth-order valence-corrected chi connectivity index (χ4v) is 5.47. The maximum absolute atomic E-state index is 13.4. The number of allylic oxidation sites excluding steroid dienone is 2. The summed E-state index contributed by atoms with van der Waals surface area (Å²) in [5.74, 6) is -0.697. The lowest BCUT2D eigenvalue weighted by Crippen LogP contribution is -2.38. The van der Waals surface area contributed by atoms with Crippen molar-refractivity contribution in [2.45, 2.75) is 32.7 Å². The highest BCUT2D eigenvalue weighted by Gasteiger charge is 2.60. The van der Waals surface area contributed by atoms with Crippen molar-refractivity contribution in [1.29, 1.82) is 0 Å². The Morgan fingerprint density at radius 2 is 1.58 bits per heavy atom. The summed E-state index contributed by atoms with van der Waals surface area (Å²) >= 11 is 0. The minimum atomic E-state index is -0.602. The van der Waals surface area contributed by atoms with Crippen LogP contribution in [0.2, 0.25) is 0 Å². The highest BCUT2D eigenvalue weighted by atomic mass is 16.2. The van der Waals surface area contributed by atoms with Gasteiger partial charge < -0.3 is 5.32 Å². The third-order valence-corrected chi connectivity index (χ3v) is 7.08. The topological polar surface area (TPSA) is 66.5 Å². The molecule has 1 N–H and O–H groups in total. The Labute approximate surface area is 182 Å². The number of para-hydroxylation sites is 1. The molecule has 5 heteroatoms. The number of carbonyl (C=O) groups is 3. The molecule has 0 radical (unpaired) electrons. The SMILES string of the molecule is Cc1ccc(C(CC(=O)Nc2ccccc2C)N2C(=O)C3C4C=CC(C4)C3C2=O)cc1. The van der Waals surface area contributed by atoms with Gasteiger partial charge in [-0.25, -0.2) is 0 Å². The lowest BCUT2D eigenvalue weighted by molar-refractivity contribution is -0.144. The predicted octanol–water partition coefficient (Wildman–Crippen LogP) is 4.18. The maximum atomic E-state index is 13.4. The van der Waals surface area contributed by atoms with Gasteiger partial charge in [0.1, 0.15) is 0 Å². The van der Waals surface area contributed by atoms with E-state index in [9.17, 15) is 14.4 Å². The van der Waals surface area contributed by atoms with Gasteiger partial charge in [-0.1, -0.05) is 60.2 Å². The number of rotatable bonds is 5. The molecule has 5 unspecified atom stereocenters. The first-order valence-electron chi connectivity index (χ1n) is 10.9. The first kappa shape index (κ1) is 19.7. The van der Waals surface area contributed by atoms with Gasteiger partial charge in [0.05, 0.1) is 24.3 Å². The van der Waals surface area contributed by atoms with Crippen LogP contribution in [-0.4, -0.2) is 22.6 Å². The third-order valence-electron chi connectivity index (χ3n) is 7.08. The zero-order chi connectivity index (χ0) is 21.7. The fourth-order valence-electron chi connectivity index (χ4n) is 5.47. The van der Waals surface area contributed by atoms with Crippen molar-refractivity contribution in [3.8, 4) is 0 Å². The van der Waals surface area contributed by atoms with Crippen molar-refractivity contribution in [3.05, 3.63) is 77.4 Å². The Bertz CT molecular complexity index is 1060. The normalized spacial score (nSPS) is 27.0. The number of nitrogens with one attached hydrogen (secondary N) is 1. The second-order valence-electron chi connectivity index (χ2n) is 9.04.